The van der Waals surface area contributed by atoms with Gasteiger partial charge in [-0.15, -0.1) is 0 Å². The van der Waals surface area contributed by atoms with Crippen LogP contribution in [0.2, 0.25) is 0 Å². The Kier molecular flexibility index (Phi) is 6.61. The molecule has 0 aromatic carbocycles. The van der Waals surface area contributed by atoms with Crippen LogP contribution in [-0.4, -0.2) is 19.4 Å². The summed E-state index contributed by atoms with van der Waals surface area (Å²) in [4.78, 5) is 0. The second-order valence-electron chi connectivity index (χ2n) is 1.73. The van der Waals surface area contributed by atoms with E-state index in [1.807, 2.05) is 0 Å². The Balaban J connectivity index is 2.75. The second kappa shape index (κ2) is 7.23. The minimum absolute atomic E-state index is 0.751. The number of rotatable bonds is 5. The van der Waals surface area contributed by atoms with Gasteiger partial charge >= 0.3 is 0 Å². The van der Waals surface area contributed by atoms with Gasteiger partial charge in [0.05, 0.1) is 0 Å². The van der Waals surface area contributed by atoms with Crippen LogP contribution >= 0.6 is 0 Å². The molecule has 0 heterocycles. The van der Waals surface area contributed by atoms with Gasteiger partial charge in [0.2, 0.25) is 0 Å². The molecule has 0 aliphatic heterocycles. The Morgan fingerprint density at radius 1 is 1.44 bits per heavy atom. The fourth-order valence-electron chi connectivity index (χ4n) is 0.489. The van der Waals surface area contributed by atoms with E-state index < -0.39 is 0 Å². The van der Waals surface area contributed by atoms with E-state index in [4.69, 9.17) is 11.6 Å². The minimum atomic E-state index is 0.751. The molecular formula is C5H14N4. The largest absolute Gasteiger partial charge is 0.375 e. The maximum atomic E-state index is 5.26. The van der Waals surface area contributed by atoms with Gasteiger partial charge in [0.25, 0.3) is 0 Å². The monoisotopic (exact) mass is 130 g/mol. The molecule has 4 heteroatoms. The van der Waals surface area contributed by atoms with Crippen molar-refractivity contribution in [3.63, 3.8) is 0 Å². The molecule has 0 fully saturated rings. The lowest BCUT2D eigenvalue weighted by atomic mass is 10.3. The molecule has 0 aliphatic rings. The van der Waals surface area contributed by atoms with Gasteiger partial charge in [0, 0.05) is 6.54 Å². The third-order valence-electron chi connectivity index (χ3n) is 0.941. The summed E-state index contributed by atoms with van der Waals surface area (Å²) in [6.07, 6.45) is 3.60. The Labute approximate surface area is 55.3 Å². The molecule has 5 N–H and O–H groups in total. The van der Waals surface area contributed by atoms with Crippen molar-refractivity contribution in [2.24, 2.45) is 16.7 Å². The standard InChI is InChI=1S/C5H14N4/c6-3-1-2-4-8-5-9-7/h5H,1-4,6-7H2,(H,8,9). The summed E-state index contributed by atoms with van der Waals surface area (Å²) in [7, 11) is 0. The fraction of sp³-hybridized carbons (Fsp3) is 0.800. The molecule has 0 bridgehead atoms. The molecule has 0 aromatic heterocycles. The smallest absolute Gasteiger partial charge is 0.108 e. The first kappa shape index (κ1) is 8.23. The quantitative estimate of drug-likeness (QED) is 0.150. The maximum Gasteiger partial charge on any atom is 0.108 e. The van der Waals surface area contributed by atoms with E-state index in [1.165, 1.54) is 6.34 Å². The van der Waals surface area contributed by atoms with Crippen molar-refractivity contribution in [3.05, 3.63) is 0 Å². The average molecular weight is 130 g/mol. The van der Waals surface area contributed by atoms with Crippen molar-refractivity contribution in [2.45, 2.75) is 12.8 Å². The van der Waals surface area contributed by atoms with Crippen LogP contribution in [0.4, 0.5) is 0 Å². The molecule has 0 aliphatic carbocycles. The molecule has 0 saturated heterocycles. The van der Waals surface area contributed by atoms with Gasteiger partial charge in [0.15, 0.2) is 0 Å². The zero-order chi connectivity index (χ0) is 6.95. The minimum Gasteiger partial charge on any atom is -0.375 e. The zero-order valence-corrected chi connectivity index (χ0v) is 5.51. The van der Waals surface area contributed by atoms with Crippen molar-refractivity contribution in [3.8, 4) is 0 Å². The lowest BCUT2D eigenvalue weighted by molar-refractivity contribution is 0.721. The van der Waals surface area contributed by atoms with Crippen LogP contribution in [0.25, 0.3) is 0 Å². The average Bonchev–Trinajstić information content (AvgIpc) is 1.89. The number of nitrogens with two attached hydrogens (primary N) is 2. The van der Waals surface area contributed by atoms with E-state index in [9.17, 15) is 0 Å². The van der Waals surface area contributed by atoms with Gasteiger partial charge in [0.1, 0.15) is 6.34 Å². The van der Waals surface area contributed by atoms with E-state index in [0.717, 1.165) is 25.9 Å². The summed E-state index contributed by atoms with van der Waals surface area (Å²) >= 11 is 0. The van der Waals surface area contributed by atoms with Crippen LogP contribution in [0.1, 0.15) is 12.8 Å². The topological polar surface area (TPSA) is 76.4 Å². The van der Waals surface area contributed by atoms with Crippen molar-refractivity contribution < 1.29 is 0 Å². The Bertz CT molecular complexity index is 71.4. The molecule has 0 atom stereocenters. The van der Waals surface area contributed by atoms with Gasteiger partial charge in [-0.2, -0.15) is 5.10 Å². The lowest BCUT2D eigenvalue weighted by Gasteiger charge is -1.95. The third kappa shape index (κ3) is 7.23. The lowest BCUT2D eigenvalue weighted by Crippen LogP contribution is -2.14. The number of unbranched alkanes of at least 4 members (excludes halogenated alkanes) is 1. The van der Waals surface area contributed by atoms with Crippen LogP contribution in [0.15, 0.2) is 5.10 Å². The molecule has 0 rings (SSSR count). The first-order valence-electron chi connectivity index (χ1n) is 3.07. The molecule has 9 heavy (non-hydrogen) atoms. The van der Waals surface area contributed by atoms with Crippen molar-refractivity contribution >= 4 is 6.34 Å². The molecule has 0 amide bonds. The van der Waals surface area contributed by atoms with E-state index in [2.05, 4.69) is 10.4 Å². The number of nitrogens with zero attached hydrogens (tertiary/aromatic N) is 1. The molecule has 0 unspecified atom stereocenters. The highest BCUT2D eigenvalue weighted by atomic mass is 15.2. The summed E-state index contributed by atoms with van der Waals surface area (Å²) < 4.78 is 0. The van der Waals surface area contributed by atoms with Crippen LogP contribution in [0.5, 0.6) is 0 Å². The highest BCUT2D eigenvalue weighted by Gasteiger charge is 1.80. The number of hydrogen-bond acceptors (Lipinski definition) is 3. The summed E-state index contributed by atoms with van der Waals surface area (Å²) in [5, 5.41) is 6.16. The highest BCUT2D eigenvalue weighted by Crippen LogP contribution is 1.79. The summed E-state index contributed by atoms with van der Waals surface area (Å²) in [6.45, 7) is 1.65. The number of hydrogen-bond donors (Lipinski definition) is 3. The van der Waals surface area contributed by atoms with Crippen LogP contribution in [-0.2, 0) is 0 Å². The van der Waals surface area contributed by atoms with Crippen LogP contribution in [0, 0.1) is 0 Å². The highest BCUT2D eigenvalue weighted by molar-refractivity contribution is 5.53. The Morgan fingerprint density at radius 3 is 2.78 bits per heavy atom. The van der Waals surface area contributed by atoms with Gasteiger partial charge in [-0.05, 0) is 19.4 Å². The predicted octanol–water partition coefficient (Wildman–Crippen LogP) is -0.783. The SMILES string of the molecule is NCCCCNC=NN. The summed E-state index contributed by atoms with van der Waals surface area (Å²) in [5.41, 5.74) is 5.26. The van der Waals surface area contributed by atoms with Crippen LogP contribution < -0.4 is 16.9 Å². The van der Waals surface area contributed by atoms with E-state index in [-0.39, 0.29) is 0 Å². The van der Waals surface area contributed by atoms with Gasteiger partial charge in [-0.25, -0.2) is 0 Å². The number of nitrogens with one attached hydrogen (secondary N) is 1. The molecule has 4 nitrogen and oxygen atoms in total. The fourth-order valence-corrected chi connectivity index (χ4v) is 0.489. The summed E-state index contributed by atoms with van der Waals surface area (Å²) in [6, 6.07) is 0. The zero-order valence-electron chi connectivity index (χ0n) is 5.51. The van der Waals surface area contributed by atoms with Crippen molar-refractivity contribution in [1.29, 1.82) is 0 Å². The van der Waals surface area contributed by atoms with Gasteiger partial charge < -0.3 is 16.9 Å². The molecule has 0 aromatic rings. The van der Waals surface area contributed by atoms with Crippen molar-refractivity contribution in [2.75, 3.05) is 13.1 Å². The first-order chi connectivity index (χ1) is 4.41. The Morgan fingerprint density at radius 2 is 2.22 bits per heavy atom. The predicted molar refractivity (Wildman–Crippen MR) is 39.0 cm³/mol. The first-order valence-corrected chi connectivity index (χ1v) is 3.07. The molecule has 0 spiro atoms. The molecular weight excluding hydrogens is 116 g/mol. The van der Waals surface area contributed by atoms with Crippen molar-refractivity contribution in [1.82, 2.24) is 5.32 Å². The molecule has 0 saturated carbocycles. The normalized spacial score (nSPS) is 10.3. The van der Waals surface area contributed by atoms with E-state index >= 15 is 0 Å². The third-order valence-corrected chi connectivity index (χ3v) is 0.941. The van der Waals surface area contributed by atoms with Gasteiger partial charge in [-0.3, -0.25) is 0 Å². The van der Waals surface area contributed by atoms with Crippen LogP contribution in [0.3, 0.4) is 0 Å². The van der Waals surface area contributed by atoms with E-state index in [1.54, 1.807) is 0 Å². The van der Waals surface area contributed by atoms with Gasteiger partial charge in [-0.1, -0.05) is 0 Å². The molecule has 54 valence electrons. The maximum absolute atomic E-state index is 5.26. The second-order valence-corrected chi connectivity index (χ2v) is 1.73. The number of hydrazone groups is 1. The summed E-state index contributed by atoms with van der Waals surface area (Å²) in [5.74, 6) is 4.83. The van der Waals surface area contributed by atoms with E-state index in [0.29, 0.717) is 0 Å². The molecule has 0 radical (unpaired) electrons. The Hall–Kier alpha value is -0.770.